The molecule has 0 radical (unpaired) electrons. The standard InChI is InChI=1S/C15H26O/c1-10-5-8-15-12(10)6-7-13(15,3)9-11(2)14(15,4)16/h10-12,16H,5-9H2,1-4H3/t10-,11+,12+,13+,14?,15+/m1/s1. The highest BCUT2D eigenvalue weighted by Crippen LogP contribution is 2.76. The van der Waals surface area contributed by atoms with E-state index in [0.29, 0.717) is 11.3 Å². The van der Waals surface area contributed by atoms with E-state index in [-0.39, 0.29) is 5.41 Å². The summed E-state index contributed by atoms with van der Waals surface area (Å²) in [6, 6.07) is 0. The quantitative estimate of drug-likeness (QED) is 0.664. The van der Waals surface area contributed by atoms with Crippen molar-refractivity contribution in [2.75, 3.05) is 0 Å². The SMILES string of the molecule is C[C@@H]1CC[C@]23[C@H]1CC[C@@]2(C)C[C@H](C)C3(C)O. The summed E-state index contributed by atoms with van der Waals surface area (Å²) in [4.78, 5) is 0. The van der Waals surface area contributed by atoms with Gasteiger partial charge in [-0.3, -0.25) is 0 Å². The molecule has 0 heterocycles. The molecule has 1 unspecified atom stereocenters. The maximum absolute atomic E-state index is 11.1. The van der Waals surface area contributed by atoms with Crippen molar-refractivity contribution in [3.63, 3.8) is 0 Å². The molecule has 0 aromatic rings. The molecule has 1 heteroatoms. The maximum Gasteiger partial charge on any atom is 0.0709 e. The van der Waals surface area contributed by atoms with Gasteiger partial charge in [-0.1, -0.05) is 20.8 Å². The first-order valence-corrected chi connectivity index (χ1v) is 7.07. The van der Waals surface area contributed by atoms with Crippen LogP contribution in [-0.4, -0.2) is 10.7 Å². The lowest BCUT2D eigenvalue weighted by molar-refractivity contribution is -0.112. The molecule has 1 spiro atoms. The van der Waals surface area contributed by atoms with E-state index in [1.807, 2.05) is 0 Å². The summed E-state index contributed by atoms with van der Waals surface area (Å²) in [7, 11) is 0. The summed E-state index contributed by atoms with van der Waals surface area (Å²) in [6.45, 7) is 9.27. The maximum atomic E-state index is 11.1. The highest BCUT2D eigenvalue weighted by atomic mass is 16.3. The Morgan fingerprint density at radius 1 is 1.06 bits per heavy atom. The molecule has 3 fully saturated rings. The lowest BCUT2D eigenvalue weighted by atomic mass is 9.60. The molecule has 3 aliphatic rings. The topological polar surface area (TPSA) is 20.2 Å². The first-order chi connectivity index (χ1) is 7.35. The highest BCUT2D eigenvalue weighted by molar-refractivity contribution is 5.22. The molecule has 6 atom stereocenters. The third-order valence-electron chi connectivity index (χ3n) is 7.02. The van der Waals surface area contributed by atoms with Gasteiger partial charge in [0.05, 0.1) is 5.60 Å². The second kappa shape index (κ2) is 2.85. The van der Waals surface area contributed by atoms with Crippen LogP contribution in [0, 0.1) is 28.6 Å². The molecule has 3 saturated carbocycles. The second-order valence-corrected chi connectivity index (χ2v) is 7.45. The van der Waals surface area contributed by atoms with Gasteiger partial charge in [-0.15, -0.1) is 0 Å². The van der Waals surface area contributed by atoms with E-state index >= 15 is 0 Å². The Balaban J connectivity index is 2.14. The molecule has 0 amide bonds. The van der Waals surface area contributed by atoms with Crippen LogP contribution in [0.5, 0.6) is 0 Å². The van der Waals surface area contributed by atoms with Crippen molar-refractivity contribution in [3.8, 4) is 0 Å². The Kier molecular flexibility index (Phi) is 1.98. The molecule has 3 aliphatic carbocycles. The van der Waals surface area contributed by atoms with Gasteiger partial charge in [0.1, 0.15) is 0 Å². The summed E-state index contributed by atoms with van der Waals surface area (Å²) >= 11 is 0. The summed E-state index contributed by atoms with van der Waals surface area (Å²) in [5.41, 5.74) is 0.248. The predicted molar refractivity (Wildman–Crippen MR) is 66.1 cm³/mol. The average molecular weight is 222 g/mol. The molecule has 0 aromatic carbocycles. The molecule has 0 saturated heterocycles. The zero-order valence-electron chi connectivity index (χ0n) is 11.2. The number of hydrogen-bond donors (Lipinski definition) is 1. The molecule has 3 rings (SSSR count). The van der Waals surface area contributed by atoms with Gasteiger partial charge in [0, 0.05) is 5.41 Å². The van der Waals surface area contributed by atoms with Gasteiger partial charge < -0.3 is 5.11 Å². The zero-order valence-corrected chi connectivity index (χ0v) is 11.2. The first kappa shape index (κ1) is 11.1. The Morgan fingerprint density at radius 2 is 1.75 bits per heavy atom. The molecule has 92 valence electrons. The minimum atomic E-state index is -0.423. The van der Waals surface area contributed by atoms with E-state index in [1.165, 1.54) is 32.1 Å². The minimum Gasteiger partial charge on any atom is -0.389 e. The van der Waals surface area contributed by atoms with E-state index < -0.39 is 5.60 Å². The number of hydrogen-bond acceptors (Lipinski definition) is 1. The van der Waals surface area contributed by atoms with Crippen LogP contribution in [0.4, 0.5) is 0 Å². The molecule has 16 heavy (non-hydrogen) atoms. The monoisotopic (exact) mass is 222 g/mol. The van der Waals surface area contributed by atoms with Crippen LogP contribution in [0.15, 0.2) is 0 Å². The van der Waals surface area contributed by atoms with Crippen LogP contribution in [0.2, 0.25) is 0 Å². The molecule has 1 N–H and O–H groups in total. The first-order valence-electron chi connectivity index (χ1n) is 7.07. The van der Waals surface area contributed by atoms with Crippen molar-refractivity contribution in [1.82, 2.24) is 0 Å². The van der Waals surface area contributed by atoms with Crippen LogP contribution in [-0.2, 0) is 0 Å². The van der Waals surface area contributed by atoms with Crippen molar-refractivity contribution in [2.45, 2.75) is 65.4 Å². The Morgan fingerprint density at radius 3 is 2.44 bits per heavy atom. The van der Waals surface area contributed by atoms with E-state index in [2.05, 4.69) is 27.7 Å². The fourth-order valence-corrected chi connectivity index (χ4v) is 6.14. The summed E-state index contributed by atoms with van der Waals surface area (Å²) < 4.78 is 0. The van der Waals surface area contributed by atoms with Gasteiger partial charge in [0.25, 0.3) is 0 Å². The van der Waals surface area contributed by atoms with E-state index in [1.54, 1.807) is 0 Å². The van der Waals surface area contributed by atoms with E-state index in [4.69, 9.17) is 0 Å². The summed E-state index contributed by atoms with van der Waals surface area (Å²) in [5, 5.41) is 11.1. The largest absolute Gasteiger partial charge is 0.389 e. The van der Waals surface area contributed by atoms with Crippen LogP contribution in [0.25, 0.3) is 0 Å². The minimum absolute atomic E-state index is 0.249. The van der Waals surface area contributed by atoms with Crippen molar-refractivity contribution in [1.29, 1.82) is 0 Å². The molecule has 0 aromatic heterocycles. The molecule has 1 nitrogen and oxygen atoms in total. The molecule has 0 bridgehead atoms. The van der Waals surface area contributed by atoms with E-state index in [0.717, 1.165) is 11.8 Å². The van der Waals surface area contributed by atoms with Crippen LogP contribution >= 0.6 is 0 Å². The lowest BCUT2D eigenvalue weighted by Crippen LogP contribution is -2.50. The molecular weight excluding hydrogens is 196 g/mol. The third kappa shape index (κ3) is 0.903. The zero-order chi connectivity index (χ0) is 11.8. The van der Waals surface area contributed by atoms with Crippen LogP contribution in [0.3, 0.4) is 0 Å². The van der Waals surface area contributed by atoms with Gasteiger partial charge in [-0.2, -0.15) is 0 Å². The Hall–Kier alpha value is -0.0400. The van der Waals surface area contributed by atoms with Crippen molar-refractivity contribution in [2.24, 2.45) is 28.6 Å². The van der Waals surface area contributed by atoms with Gasteiger partial charge in [-0.25, -0.2) is 0 Å². The molecular formula is C15H26O. The van der Waals surface area contributed by atoms with E-state index in [9.17, 15) is 5.11 Å². The van der Waals surface area contributed by atoms with Gasteiger partial charge in [-0.05, 0) is 62.2 Å². The smallest absolute Gasteiger partial charge is 0.0709 e. The summed E-state index contributed by atoms with van der Waals surface area (Å²) in [6.07, 6.45) is 6.56. The second-order valence-electron chi connectivity index (χ2n) is 7.45. The number of rotatable bonds is 0. The van der Waals surface area contributed by atoms with Gasteiger partial charge in [0.15, 0.2) is 0 Å². The fraction of sp³-hybridized carbons (Fsp3) is 1.00. The molecule has 0 aliphatic heterocycles. The van der Waals surface area contributed by atoms with Gasteiger partial charge in [0.2, 0.25) is 0 Å². The predicted octanol–water partition coefficient (Wildman–Crippen LogP) is 3.61. The van der Waals surface area contributed by atoms with Crippen molar-refractivity contribution in [3.05, 3.63) is 0 Å². The highest BCUT2D eigenvalue weighted by Gasteiger charge is 2.73. The Bertz CT molecular complexity index is 315. The average Bonchev–Trinajstić information content (AvgIpc) is 2.71. The van der Waals surface area contributed by atoms with Crippen molar-refractivity contribution < 1.29 is 5.11 Å². The lowest BCUT2D eigenvalue weighted by Gasteiger charge is -2.47. The van der Waals surface area contributed by atoms with Crippen molar-refractivity contribution >= 4 is 0 Å². The van der Waals surface area contributed by atoms with Crippen LogP contribution < -0.4 is 0 Å². The number of aliphatic hydroxyl groups is 1. The third-order valence-corrected chi connectivity index (χ3v) is 7.02. The van der Waals surface area contributed by atoms with Gasteiger partial charge >= 0.3 is 0 Å². The fourth-order valence-electron chi connectivity index (χ4n) is 6.14. The normalized spacial score (nSPS) is 64.7. The van der Waals surface area contributed by atoms with Crippen LogP contribution in [0.1, 0.15) is 59.8 Å². The summed E-state index contributed by atoms with van der Waals surface area (Å²) in [5.74, 6) is 2.10. The Labute approximate surface area is 99.6 Å².